The summed E-state index contributed by atoms with van der Waals surface area (Å²) in [6.45, 7) is 10.1. The summed E-state index contributed by atoms with van der Waals surface area (Å²) in [4.78, 5) is 19.5. The molecule has 7 heterocycles. The molecule has 0 radical (unpaired) electrons. The maximum absolute atomic E-state index is 17.2. The van der Waals surface area contributed by atoms with Crippen molar-refractivity contribution in [3.05, 3.63) is 71.3 Å². The number of aromatic nitrogens is 3. The lowest BCUT2D eigenvalue weighted by Crippen LogP contribution is -2.38. The van der Waals surface area contributed by atoms with Gasteiger partial charge in [-0.25, -0.2) is 23.1 Å². The Hall–Kier alpha value is -3.72. The molecule has 48 heavy (non-hydrogen) atoms. The van der Waals surface area contributed by atoms with E-state index in [0.29, 0.717) is 59.4 Å². The number of aryl methyl sites for hydroxylation is 3. The van der Waals surface area contributed by atoms with Crippen molar-refractivity contribution in [1.29, 1.82) is 0 Å². The first-order valence-electron chi connectivity index (χ1n) is 17.9. The lowest BCUT2D eigenvalue weighted by molar-refractivity contribution is 0.181. The Bertz CT molecular complexity index is 1890. The zero-order chi connectivity index (χ0) is 33.0. The van der Waals surface area contributed by atoms with Gasteiger partial charge in [-0.05, 0) is 111 Å². The van der Waals surface area contributed by atoms with Crippen molar-refractivity contribution in [2.75, 3.05) is 37.6 Å². The first-order chi connectivity index (χ1) is 23.3. The first kappa shape index (κ1) is 31.5. The molecule has 4 aromatic rings. The van der Waals surface area contributed by atoms with Gasteiger partial charge in [0.2, 0.25) is 0 Å². The number of rotatable bonds is 3. The molecule has 9 rings (SSSR count). The fourth-order valence-corrected chi connectivity index (χ4v) is 9.12. The van der Waals surface area contributed by atoms with Crippen LogP contribution < -0.4 is 10.2 Å². The van der Waals surface area contributed by atoms with Crippen LogP contribution in [0.1, 0.15) is 74.7 Å². The van der Waals surface area contributed by atoms with E-state index in [9.17, 15) is 4.39 Å². The summed E-state index contributed by atoms with van der Waals surface area (Å²) in [6, 6.07) is 7.24. The third-order valence-electron chi connectivity index (χ3n) is 11.5. The summed E-state index contributed by atoms with van der Waals surface area (Å²) in [5.41, 5.74) is 3.32. The monoisotopic (exact) mass is 654 g/mol. The number of allylic oxidation sites excluding steroid dienone is 1. The van der Waals surface area contributed by atoms with Gasteiger partial charge in [0.25, 0.3) is 0 Å². The fraction of sp³-hybridized carbons (Fsp3) is 0.513. The lowest BCUT2D eigenvalue weighted by Gasteiger charge is -2.32. The second-order valence-corrected chi connectivity index (χ2v) is 14.8. The van der Waals surface area contributed by atoms with Crippen LogP contribution in [0.5, 0.6) is 0 Å². The SMILES string of the molecule is C=C1CCCc2c(F)ccc3cc(C)cc(c23)-c2ncc3c(nc(CC[C@@]45CCCN4CC(F)C5)nc3c2F)N2CCCCC(CN1)C2. The average molecular weight is 655 g/mol. The minimum atomic E-state index is -0.807. The second kappa shape index (κ2) is 12.6. The Morgan fingerprint density at radius 1 is 1.04 bits per heavy atom. The molecule has 2 aromatic carbocycles. The molecule has 252 valence electrons. The molecule has 0 saturated carbocycles. The number of benzene rings is 2. The van der Waals surface area contributed by atoms with E-state index >= 15 is 8.78 Å². The molecular formula is C39H45F3N6. The summed E-state index contributed by atoms with van der Waals surface area (Å²) >= 11 is 0. The van der Waals surface area contributed by atoms with E-state index in [1.807, 2.05) is 19.1 Å². The van der Waals surface area contributed by atoms with Gasteiger partial charge in [-0.3, -0.25) is 9.88 Å². The number of nitrogens with zero attached hydrogens (tertiary/aromatic N) is 5. The number of nitrogens with one attached hydrogen (secondary N) is 1. The van der Waals surface area contributed by atoms with Crippen molar-refractivity contribution in [3.63, 3.8) is 0 Å². The molecule has 5 aliphatic rings. The molecule has 2 aromatic heterocycles. The zero-order valence-corrected chi connectivity index (χ0v) is 27.9. The molecule has 5 aliphatic heterocycles. The molecule has 0 aliphatic carbocycles. The fourth-order valence-electron chi connectivity index (χ4n) is 9.12. The van der Waals surface area contributed by atoms with E-state index in [0.717, 1.165) is 100 Å². The Balaban J connectivity index is 1.31. The lowest BCUT2D eigenvalue weighted by atomic mass is 9.88. The van der Waals surface area contributed by atoms with Crippen LogP contribution in [0.4, 0.5) is 19.0 Å². The number of alkyl halides is 1. The largest absolute Gasteiger partial charge is 0.388 e. The van der Waals surface area contributed by atoms with E-state index in [-0.39, 0.29) is 22.6 Å². The van der Waals surface area contributed by atoms with Gasteiger partial charge in [-0.1, -0.05) is 25.1 Å². The van der Waals surface area contributed by atoms with Crippen molar-refractivity contribution in [2.24, 2.45) is 5.92 Å². The molecule has 2 unspecified atom stereocenters. The molecule has 6 bridgehead atoms. The van der Waals surface area contributed by atoms with Crippen LogP contribution in [0.3, 0.4) is 0 Å². The zero-order valence-electron chi connectivity index (χ0n) is 27.9. The second-order valence-electron chi connectivity index (χ2n) is 14.8. The Kier molecular flexibility index (Phi) is 8.30. The van der Waals surface area contributed by atoms with Crippen LogP contribution in [0.25, 0.3) is 32.9 Å². The van der Waals surface area contributed by atoms with Gasteiger partial charge >= 0.3 is 0 Å². The van der Waals surface area contributed by atoms with Gasteiger partial charge in [-0.15, -0.1) is 0 Å². The molecule has 3 fully saturated rings. The van der Waals surface area contributed by atoms with E-state index in [1.54, 1.807) is 12.3 Å². The molecule has 1 N–H and O–H groups in total. The maximum Gasteiger partial charge on any atom is 0.175 e. The molecule has 9 heteroatoms. The molecule has 3 saturated heterocycles. The highest BCUT2D eigenvalue weighted by molar-refractivity contribution is 6.01. The number of halogens is 3. The maximum atomic E-state index is 17.2. The molecule has 6 nitrogen and oxygen atoms in total. The summed E-state index contributed by atoms with van der Waals surface area (Å²) < 4.78 is 47.4. The summed E-state index contributed by atoms with van der Waals surface area (Å²) in [5.74, 6) is 0.866. The number of anilines is 1. The number of hydrogen-bond donors (Lipinski definition) is 1. The highest BCUT2D eigenvalue weighted by Gasteiger charge is 2.48. The van der Waals surface area contributed by atoms with Crippen LogP contribution in [0.2, 0.25) is 0 Å². The Labute approximate surface area is 280 Å². The highest BCUT2D eigenvalue weighted by atomic mass is 19.1. The van der Waals surface area contributed by atoms with Gasteiger partial charge in [0.1, 0.15) is 34.8 Å². The van der Waals surface area contributed by atoms with Crippen molar-refractivity contribution in [1.82, 2.24) is 25.2 Å². The van der Waals surface area contributed by atoms with Crippen molar-refractivity contribution in [2.45, 2.75) is 89.3 Å². The predicted molar refractivity (Wildman–Crippen MR) is 186 cm³/mol. The summed E-state index contributed by atoms with van der Waals surface area (Å²) in [5, 5.41) is 5.74. The molecule has 3 atom stereocenters. The molecule has 0 amide bonds. The van der Waals surface area contributed by atoms with Gasteiger partial charge < -0.3 is 10.2 Å². The number of hydrogen-bond acceptors (Lipinski definition) is 6. The smallest absolute Gasteiger partial charge is 0.175 e. The predicted octanol–water partition coefficient (Wildman–Crippen LogP) is 7.99. The van der Waals surface area contributed by atoms with Crippen LogP contribution in [0.15, 0.2) is 42.7 Å². The van der Waals surface area contributed by atoms with Gasteiger partial charge in [0.15, 0.2) is 5.82 Å². The topological polar surface area (TPSA) is 57.2 Å². The highest BCUT2D eigenvalue weighted by Crippen LogP contribution is 2.44. The Morgan fingerprint density at radius 2 is 1.94 bits per heavy atom. The van der Waals surface area contributed by atoms with E-state index in [2.05, 4.69) is 21.7 Å². The average Bonchev–Trinajstić information content (AvgIpc) is 3.48. The number of fused-ring (bicyclic) bond motifs is 7. The van der Waals surface area contributed by atoms with E-state index in [1.165, 1.54) is 6.07 Å². The molecular weight excluding hydrogens is 609 g/mol. The van der Waals surface area contributed by atoms with Crippen molar-refractivity contribution < 1.29 is 13.2 Å². The van der Waals surface area contributed by atoms with Crippen LogP contribution in [-0.4, -0.2) is 64.3 Å². The first-order valence-corrected chi connectivity index (χ1v) is 17.9. The van der Waals surface area contributed by atoms with E-state index < -0.39 is 12.0 Å². The third-order valence-corrected chi connectivity index (χ3v) is 11.5. The van der Waals surface area contributed by atoms with Crippen LogP contribution >= 0.6 is 0 Å². The quantitative estimate of drug-likeness (QED) is 0.242. The molecule has 0 spiro atoms. The summed E-state index contributed by atoms with van der Waals surface area (Å²) in [7, 11) is 0. The van der Waals surface area contributed by atoms with Crippen molar-refractivity contribution in [3.8, 4) is 11.3 Å². The number of pyridine rings is 1. The Morgan fingerprint density at radius 3 is 2.83 bits per heavy atom. The third kappa shape index (κ3) is 5.71. The van der Waals surface area contributed by atoms with Crippen LogP contribution in [-0.2, 0) is 12.8 Å². The normalized spacial score (nSPS) is 25.1. The standard InChI is InChI=1S/C39H45F3N6/c1-24-17-27-10-11-32(41)29-9-5-7-25(2)43-20-26-8-3-4-15-47(22-26)38-31-21-44-36(30(18-24)34(27)29)35(42)37(31)45-33(46-38)12-14-39-13-6-16-48(39)23-28(40)19-39/h10-11,17-18,21,26,28,43H,2-9,12-16,19-20,22-23H2,1H3/t26?,28?,39-/m1/s1. The summed E-state index contributed by atoms with van der Waals surface area (Å²) in [6.07, 6.45) is 9.95. The van der Waals surface area contributed by atoms with Crippen molar-refractivity contribution >= 4 is 27.5 Å². The van der Waals surface area contributed by atoms with Gasteiger partial charge in [0.05, 0.1) is 5.39 Å². The van der Waals surface area contributed by atoms with E-state index in [4.69, 9.17) is 15.0 Å². The minimum Gasteiger partial charge on any atom is -0.388 e. The van der Waals surface area contributed by atoms with Gasteiger partial charge in [0, 0.05) is 55.6 Å². The van der Waals surface area contributed by atoms with Gasteiger partial charge in [-0.2, -0.15) is 0 Å². The van der Waals surface area contributed by atoms with Crippen LogP contribution in [0, 0.1) is 24.5 Å². The minimum absolute atomic E-state index is 0.172.